The molecule has 1 atom stereocenters. The summed E-state index contributed by atoms with van der Waals surface area (Å²) < 4.78 is 0. The first kappa shape index (κ1) is 16.6. The number of carbonyl (C=O) groups is 1. The lowest BCUT2D eigenvalue weighted by molar-refractivity contribution is -0.130. The van der Waals surface area contributed by atoms with Crippen molar-refractivity contribution in [2.24, 2.45) is 5.41 Å². The first-order valence-corrected chi connectivity index (χ1v) is 8.69. The number of nitrogen functional groups attached to an aromatic ring is 1. The van der Waals surface area contributed by atoms with Crippen LogP contribution in [0, 0.1) is 5.41 Å². The van der Waals surface area contributed by atoms with Gasteiger partial charge < -0.3 is 11.1 Å². The molecule has 2 aromatic rings. The van der Waals surface area contributed by atoms with E-state index in [2.05, 4.69) is 23.5 Å². The van der Waals surface area contributed by atoms with Gasteiger partial charge in [0.25, 0.3) is 0 Å². The van der Waals surface area contributed by atoms with Gasteiger partial charge in [0, 0.05) is 11.1 Å². The zero-order valence-electron chi connectivity index (χ0n) is 14.5. The van der Waals surface area contributed by atoms with E-state index in [1.807, 2.05) is 44.2 Å². The normalized spacial score (nSPS) is 17.2. The van der Waals surface area contributed by atoms with Crippen LogP contribution in [-0.4, -0.2) is 5.91 Å². The monoisotopic (exact) mass is 322 g/mol. The average Bonchev–Trinajstić information content (AvgIpc) is 2.55. The Hall–Kier alpha value is -2.29. The number of anilines is 1. The molecule has 0 aliphatic heterocycles. The topological polar surface area (TPSA) is 55.1 Å². The largest absolute Gasteiger partial charge is 0.399 e. The maximum atomic E-state index is 12.9. The number of nitrogens with two attached hydrogens (primary N) is 1. The second-order valence-corrected chi connectivity index (χ2v) is 7.42. The van der Waals surface area contributed by atoms with Crippen LogP contribution in [0.3, 0.4) is 0 Å². The Morgan fingerprint density at radius 1 is 1.21 bits per heavy atom. The van der Waals surface area contributed by atoms with Crippen LogP contribution in [0.4, 0.5) is 5.69 Å². The quantitative estimate of drug-likeness (QED) is 0.835. The molecular formula is C21H26N2O. The number of aryl methyl sites for hydroxylation is 1. The van der Waals surface area contributed by atoms with Crippen molar-refractivity contribution in [2.75, 3.05) is 5.73 Å². The number of rotatable bonds is 4. The highest BCUT2D eigenvalue weighted by Gasteiger charge is 2.31. The third-order valence-corrected chi connectivity index (χ3v) is 4.89. The Labute approximate surface area is 144 Å². The van der Waals surface area contributed by atoms with Gasteiger partial charge in [-0.1, -0.05) is 50.2 Å². The number of nitrogens with one attached hydrogen (secondary N) is 1. The summed E-state index contributed by atoms with van der Waals surface area (Å²) in [6.45, 7) is 4.03. The summed E-state index contributed by atoms with van der Waals surface area (Å²) in [5.41, 5.74) is 9.94. The van der Waals surface area contributed by atoms with Crippen molar-refractivity contribution in [3.05, 3.63) is 65.2 Å². The molecule has 3 nitrogen and oxygen atoms in total. The molecule has 1 aliphatic rings. The molecule has 0 spiro atoms. The number of amides is 1. The lowest BCUT2D eigenvalue weighted by Gasteiger charge is -2.31. The van der Waals surface area contributed by atoms with Crippen LogP contribution in [0.15, 0.2) is 48.5 Å². The smallest absolute Gasteiger partial charge is 0.226 e. The second-order valence-electron chi connectivity index (χ2n) is 7.42. The molecule has 0 saturated heterocycles. The van der Waals surface area contributed by atoms with Gasteiger partial charge in [0.2, 0.25) is 5.91 Å². The van der Waals surface area contributed by atoms with Gasteiger partial charge in [-0.3, -0.25) is 4.79 Å². The molecule has 0 aromatic heterocycles. The third-order valence-electron chi connectivity index (χ3n) is 4.89. The van der Waals surface area contributed by atoms with Crippen molar-refractivity contribution in [1.29, 1.82) is 0 Å². The summed E-state index contributed by atoms with van der Waals surface area (Å²) in [6, 6.07) is 16.3. The predicted molar refractivity (Wildman–Crippen MR) is 98.6 cm³/mol. The molecule has 1 unspecified atom stereocenters. The molecule has 2 aromatic carbocycles. The Morgan fingerprint density at radius 3 is 2.71 bits per heavy atom. The molecule has 126 valence electrons. The van der Waals surface area contributed by atoms with E-state index in [0.717, 1.165) is 31.4 Å². The summed E-state index contributed by atoms with van der Waals surface area (Å²) in [7, 11) is 0. The molecule has 0 bridgehead atoms. The summed E-state index contributed by atoms with van der Waals surface area (Å²) in [4.78, 5) is 12.9. The van der Waals surface area contributed by atoms with Crippen LogP contribution in [0.5, 0.6) is 0 Å². The SMILES string of the molecule is CC(C)(Cc1ccccc1)C(=O)NC1CCCc2cc(N)ccc21. The molecule has 0 radical (unpaired) electrons. The van der Waals surface area contributed by atoms with Crippen LogP contribution in [0.2, 0.25) is 0 Å². The zero-order chi connectivity index (χ0) is 17.2. The van der Waals surface area contributed by atoms with Gasteiger partial charge in [-0.2, -0.15) is 0 Å². The van der Waals surface area contributed by atoms with E-state index in [0.29, 0.717) is 0 Å². The molecule has 1 aliphatic carbocycles. The highest BCUT2D eigenvalue weighted by Crippen LogP contribution is 2.32. The van der Waals surface area contributed by atoms with Crippen molar-refractivity contribution in [1.82, 2.24) is 5.32 Å². The highest BCUT2D eigenvalue weighted by molar-refractivity contribution is 5.82. The van der Waals surface area contributed by atoms with Crippen molar-refractivity contribution in [3.8, 4) is 0 Å². The summed E-state index contributed by atoms with van der Waals surface area (Å²) in [5, 5.41) is 3.28. The summed E-state index contributed by atoms with van der Waals surface area (Å²) >= 11 is 0. The van der Waals surface area contributed by atoms with Gasteiger partial charge in [-0.15, -0.1) is 0 Å². The predicted octanol–water partition coefficient (Wildman–Crippen LogP) is 4.03. The molecule has 3 N–H and O–H groups in total. The molecule has 1 amide bonds. The fraction of sp³-hybridized carbons (Fsp3) is 0.381. The Morgan fingerprint density at radius 2 is 1.96 bits per heavy atom. The molecule has 24 heavy (non-hydrogen) atoms. The first-order chi connectivity index (χ1) is 11.5. The minimum absolute atomic E-state index is 0.0944. The maximum Gasteiger partial charge on any atom is 0.226 e. The molecule has 0 saturated carbocycles. The summed E-state index contributed by atoms with van der Waals surface area (Å²) in [6.07, 6.45) is 3.85. The lowest BCUT2D eigenvalue weighted by atomic mass is 9.82. The zero-order valence-corrected chi connectivity index (χ0v) is 14.5. The molecule has 0 fully saturated rings. The number of benzene rings is 2. The molecular weight excluding hydrogens is 296 g/mol. The standard InChI is InChI=1S/C21H26N2O/c1-21(2,14-15-7-4-3-5-8-15)20(24)23-19-10-6-9-16-13-17(22)11-12-18(16)19/h3-5,7-8,11-13,19H,6,9-10,14,22H2,1-2H3,(H,23,24). The van der Waals surface area contributed by atoms with Crippen molar-refractivity contribution in [3.63, 3.8) is 0 Å². The second kappa shape index (κ2) is 6.68. The van der Waals surface area contributed by atoms with Gasteiger partial charge in [0.15, 0.2) is 0 Å². The van der Waals surface area contributed by atoms with Crippen LogP contribution < -0.4 is 11.1 Å². The van der Waals surface area contributed by atoms with Crippen LogP contribution in [0.25, 0.3) is 0 Å². The van der Waals surface area contributed by atoms with E-state index in [1.165, 1.54) is 16.7 Å². The van der Waals surface area contributed by atoms with E-state index >= 15 is 0 Å². The maximum absolute atomic E-state index is 12.9. The number of hydrogen-bond donors (Lipinski definition) is 2. The van der Waals surface area contributed by atoms with Gasteiger partial charge in [0.05, 0.1) is 6.04 Å². The first-order valence-electron chi connectivity index (χ1n) is 8.69. The molecule has 3 rings (SSSR count). The Kier molecular flexibility index (Phi) is 4.61. The van der Waals surface area contributed by atoms with E-state index < -0.39 is 5.41 Å². The van der Waals surface area contributed by atoms with Gasteiger partial charge >= 0.3 is 0 Å². The fourth-order valence-electron chi connectivity index (χ4n) is 3.52. The van der Waals surface area contributed by atoms with Gasteiger partial charge in [-0.25, -0.2) is 0 Å². The fourth-order valence-corrected chi connectivity index (χ4v) is 3.52. The van der Waals surface area contributed by atoms with Gasteiger partial charge in [0.1, 0.15) is 0 Å². The minimum atomic E-state index is -0.438. The van der Waals surface area contributed by atoms with E-state index in [9.17, 15) is 4.79 Å². The Bertz CT molecular complexity index is 722. The number of carbonyl (C=O) groups excluding carboxylic acids is 1. The van der Waals surface area contributed by atoms with Crippen LogP contribution >= 0.6 is 0 Å². The van der Waals surface area contributed by atoms with E-state index in [1.54, 1.807) is 0 Å². The highest BCUT2D eigenvalue weighted by atomic mass is 16.2. The van der Waals surface area contributed by atoms with Crippen LogP contribution in [-0.2, 0) is 17.6 Å². The number of fused-ring (bicyclic) bond motifs is 1. The Balaban J connectivity index is 1.73. The minimum Gasteiger partial charge on any atom is -0.399 e. The average molecular weight is 322 g/mol. The van der Waals surface area contributed by atoms with Crippen molar-refractivity contribution >= 4 is 11.6 Å². The molecule has 0 heterocycles. The third kappa shape index (κ3) is 3.61. The van der Waals surface area contributed by atoms with E-state index in [4.69, 9.17) is 5.73 Å². The van der Waals surface area contributed by atoms with Crippen molar-refractivity contribution < 1.29 is 4.79 Å². The van der Waals surface area contributed by atoms with E-state index in [-0.39, 0.29) is 11.9 Å². The lowest BCUT2D eigenvalue weighted by Crippen LogP contribution is -2.41. The summed E-state index contributed by atoms with van der Waals surface area (Å²) in [5.74, 6) is 0.112. The van der Waals surface area contributed by atoms with Crippen molar-refractivity contribution in [2.45, 2.75) is 45.6 Å². The molecule has 3 heteroatoms. The van der Waals surface area contributed by atoms with Gasteiger partial charge in [-0.05, 0) is 54.5 Å². The van der Waals surface area contributed by atoms with Crippen LogP contribution in [0.1, 0.15) is 49.4 Å². The number of hydrogen-bond acceptors (Lipinski definition) is 2.